The van der Waals surface area contributed by atoms with E-state index in [0.29, 0.717) is 5.02 Å². The van der Waals surface area contributed by atoms with E-state index in [1.54, 1.807) is 0 Å². The van der Waals surface area contributed by atoms with Crippen molar-refractivity contribution in [2.45, 2.75) is 18.4 Å². The average Bonchev–Trinajstić information content (AvgIpc) is 2.36. The second-order valence-electron chi connectivity index (χ2n) is 4.80. The minimum absolute atomic E-state index is 0.159. The monoisotopic (exact) mass is 283 g/mol. The summed E-state index contributed by atoms with van der Waals surface area (Å²) >= 11 is 8.03. The predicted molar refractivity (Wildman–Crippen MR) is 74.7 cm³/mol. The molecule has 0 amide bonds. The number of fused-ring (bicyclic) bond motifs is 2. The summed E-state index contributed by atoms with van der Waals surface area (Å²) in [5, 5.41) is 13.6. The van der Waals surface area contributed by atoms with Gasteiger partial charge in [-0.1, -0.05) is 23.7 Å². The lowest BCUT2D eigenvalue weighted by molar-refractivity contribution is -0.140. The van der Waals surface area contributed by atoms with Crippen LogP contribution in [0.5, 0.6) is 0 Å². The Hall–Kier alpha value is -0.870. The van der Waals surface area contributed by atoms with Crippen molar-refractivity contribution >= 4 is 35.0 Å². The van der Waals surface area contributed by atoms with Gasteiger partial charge >= 0.3 is 5.97 Å². The first-order valence-corrected chi connectivity index (χ1v) is 7.57. The van der Waals surface area contributed by atoms with E-state index in [-0.39, 0.29) is 12.0 Å². The number of benzene rings is 1. The first-order chi connectivity index (χ1) is 8.68. The minimum atomic E-state index is -0.738. The first-order valence-electron chi connectivity index (χ1n) is 6.04. The summed E-state index contributed by atoms with van der Waals surface area (Å²) < 4.78 is 0. The normalized spacial score (nSPS) is 29.9. The number of hydrogen-bond acceptors (Lipinski definition) is 3. The zero-order valence-electron chi connectivity index (χ0n) is 9.73. The molecule has 1 saturated heterocycles. The van der Waals surface area contributed by atoms with Gasteiger partial charge in [0, 0.05) is 12.0 Å². The number of nitrogens with one attached hydrogen (secondary N) is 1. The highest BCUT2D eigenvalue weighted by atomic mass is 35.5. The quantitative estimate of drug-likeness (QED) is 0.832. The van der Waals surface area contributed by atoms with Crippen LogP contribution in [0.15, 0.2) is 18.2 Å². The van der Waals surface area contributed by atoms with Crippen LogP contribution in [-0.4, -0.2) is 28.6 Å². The van der Waals surface area contributed by atoms with Crippen LogP contribution < -0.4 is 5.32 Å². The molecule has 0 aromatic heterocycles. The number of para-hydroxylation sites is 1. The molecule has 96 valence electrons. The number of rotatable bonds is 1. The Balaban J connectivity index is 2.10. The number of hydrogen-bond donors (Lipinski definition) is 2. The molecule has 3 atom stereocenters. The van der Waals surface area contributed by atoms with Crippen molar-refractivity contribution in [3.8, 4) is 0 Å². The Labute approximate surface area is 115 Å². The topological polar surface area (TPSA) is 49.3 Å². The van der Waals surface area contributed by atoms with Crippen LogP contribution >= 0.6 is 23.4 Å². The van der Waals surface area contributed by atoms with Crippen molar-refractivity contribution in [1.82, 2.24) is 0 Å². The second kappa shape index (κ2) is 4.67. The Kier molecular flexibility index (Phi) is 3.16. The molecule has 2 aliphatic rings. The van der Waals surface area contributed by atoms with Crippen LogP contribution in [-0.2, 0) is 4.79 Å². The Morgan fingerprint density at radius 3 is 3.11 bits per heavy atom. The third-order valence-corrected chi connectivity index (χ3v) is 5.27. The van der Waals surface area contributed by atoms with E-state index in [4.69, 9.17) is 11.6 Å². The van der Waals surface area contributed by atoms with E-state index in [1.165, 1.54) is 0 Å². The van der Waals surface area contributed by atoms with E-state index in [0.717, 1.165) is 29.2 Å². The van der Waals surface area contributed by atoms with E-state index < -0.39 is 11.9 Å². The average molecular weight is 284 g/mol. The molecule has 1 fully saturated rings. The molecular weight excluding hydrogens is 270 g/mol. The molecule has 2 aliphatic heterocycles. The number of anilines is 1. The number of carboxylic acids is 1. The van der Waals surface area contributed by atoms with Crippen molar-refractivity contribution in [1.29, 1.82) is 0 Å². The Morgan fingerprint density at radius 2 is 2.33 bits per heavy atom. The van der Waals surface area contributed by atoms with Crippen molar-refractivity contribution in [2.24, 2.45) is 5.92 Å². The van der Waals surface area contributed by atoms with Gasteiger partial charge < -0.3 is 10.4 Å². The molecule has 1 aromatic carbocycles. The molecule has 0 radical (unpaired) electrons. The van der Waals surface area contributed by atoms with Gasteiger partial charge in [0.1, 0.15) is 0 Å². The maximum Gasteiger partial charge on any atom is 0.311 e. The van der Waals surface area contributed by atoms with Crippen LogP contribution in [0.3, 0.4) is 0 Å². The summed E-state index contributed by atoms with van der Waals surface area (Å²) in [6.07, 6.45) is 1.00. The van der Waals surface area contributed by atoms with E-state index in [2.05, 4.69) is 5.32 Å². The van der Waals surface area contributed by atoms with Gasteiger partial charge in [0.15, 0.2) is 0 Å². The fourth-order valence-corrected chi connectivity index (χ4v) is 4.47. The van der Waals surface area contributed by atoms with Crippen LogP contribution in [0.2, 0.25) is 5.02 Å². The highest BCUT2D eigenvalue weighted by Gasteiger charge is 2.42. The maximum absolute atomic E-state index is 11.6. The number of carbonyl (C=O) groups is 1. The lowest BCUT2D eigenvalue weighted by Crippen LogP contribution is -2.44. The highest BCUT2D eigenvalue weighted by Crippen LogP contribution is 2.45. The van der Waals surface area contributed by atoms with Gasteiger partial charge in [-0.15, -0.1) is 0 Å². The standard InChI is InChI=1S/C13H14ClNO2S/c14-9-3-1-2-7-11(13(16)17)8-6-18-5-4-10(8)15-12(7)9/h1-3,8,10-11,15H,4-6H2,(H,16,17). The third-order valence-electron chi connectivity index (χ3n) is 3.81. The molecule has 0 aliphatic carbocycles. The molecule has 0 saturated carbocycles. The van der Waals surface area contributed by atoms with Crippen LogP contribution in [0.1, 0.15) is 17.9 Å². The Morgan fingerprint density at radius 1 is 1.50 bits per heavy atom. The number of carboxylic acid groups (broad SMARTS) is 1. The Bertz CT molecular complexity index is 494. The van der Waals surface area contributed by atoms with E-state index >= 15 is 0 Å². The molecule has 2 heterocycles. The summed E-state index contributed by atoms with van der Waals surface area (Å²) in [6.45, 7) is 0. The minimum Gasteiger partial charge on any atom is -0.481 e. The molecular formula is C13H14ClNO2S. The van der Waals surface area contributed by atoms with Gasteiger partial charge in [-0.05, 0) is 29.6 Å². The van der Waals surface area contributed by atoms with Gasteiger partial charge in [0.2, 0.25) is 0 Å². The molecule has 0 bridgehead atoms. The molecule has 5 heteroatoms. The van der Waals surface area contributed by atoms with E-state index in [9.17, 15) is 9.90 Å². The molecule has 0 spiro atoms. The van der Waals surface area contributed by atoms with Gasteiger partial charge in [-0.2, -0.15) is 11.8 Å². The number of aliphatic carboxylic acids is 1. The van der Waals surface area contributed by atoms with Crippen molar-refractivity contribution in [2.75, 3.05) is 16.8 Å². The zero-order chi connectivity index (χ0) is 12.7. The van der Waals surface area contributed by atoms with Gasteiger partial charge in [0.25, 0.3) is 0 Å². The van der Waals surface area contributed by atoms with Gasteiger partial charge in [-0.25, -0.2) is 0 Å². The summed E-state index contributed by atoms with van der Waals surface area (Å²) in [5.41, 5.74) is 1.65. The number of thioether (sulfide) groups is 1. The fraction of sp³-hybridized carbons (Fsp3) is 0.462. The smallest absolute Gasteiger partial charge is 0.311 e. The molecule has 3 nitrogen and oxygen atoms in total. The SMILES string of the molecule is O=C(O)C1c2cccc(Cl)c2NC2CCSCC21. The maximum atomic E-state index is 11.6. The lowest BCUT2D eigenvalue weighted by atomic mass is 9.77. The molecule has 3 unspecified atom stereocenters. The van der Waals surface area contributed by atoms with E-state index in [1.807, 2.05) is 30.0 Å². The molecule has 1 aromatic rings. The second-order valence-corrected chi connectivity index (χ2v) is 6.36. The largest absolute Gasteiger partial charge is 0.481 e. The van der Waals surface area contributed by atoms with Crippen LogP contribution in [0.4, 0.5) is 5.69 Å². The fourth-order valence-electron chi connectivity index (χ4n) is 2.95. The lowest BCUT2D eigenvalue weighted by Gasteiger charge is -2.41. The summed E-state index contributed by atoms with van der Waals surface area (Å²) in [7, 11) is 0. The highest BCUT2D eigenvalue weighted by molar-refractivity contribution is 7.99. The zero-order valence-corrected chi connectivity index (χ0v) is 11.3. The van der Waals surface area contributed by atoms with Crippen LogP contribution in [0.25, 0.3) is 0 Å². The van der Waals surface area contributed by atoms with Crippen LogP contribution in [0, 0.1) is 5.92 Å². The molecule has 3 rings (SSSR count). The van der Waals surface area contributed by atoms with Crippen molar-refractivity contribution in [3.63, 3.8) is 0 Å². The molecule has 2 N–H and O–H groups in total. The van der Waals surface area contributed by atoms with Crippen molar-refractivity contribution < 1.29 is 9.90 Å². The van der Waals surface area contributed by atoms with Gasteiger partial charge in [-0.3, -0.25) is 4.79 Å². The summed E-state index contributed by atoms with van der Waals surface area (Å²) in [6, 6.07) is 5.75. The predicted octanol–water partition coefficient (Wildman–Crippen LogP) is 3.06. The van der Waals surface area contributed by atoms with Crippen molar-refractivity contribution in [3.05, 3.63) is 28.8 Å². The third kappa shape index (κ3) is 1.88. The van der Waals surface area contributed by atoms with Gasteiger partial charge in [0.05, 0.1) is 16.6 Å². The number of halogens is 1. The summed E-state index contributed by atoms with van der Waals surface area (Å²) in [5.74, 6) is 0.975. The summed E-state index contributed by atoms with van der Waals surface area (Å²) in [4.78, 5) is 11.6. The molecule has 18 heavy (non-hydrogen) atoms. The first kappa shape index (κ1) is 12.2.